The van der Waals surface area contributed by atoms with Gasteiger partial charge in [0.25, 0.3) is 0 Å². The van der Waals surface area contributed by atoms with Crippen LogP contribution in [0.2, 0.25) is 5.09 Å². The molecule has 11 heavy (non-hydrogen) atoms. The molecule has 0 saturated carbocycles. The first-order chi connectivity index (χ1) is 5.27. The van der Waals surface area contributed by atoms with Crippen molar-refractivity contribution >= 4 is 17.7 Å². The second-order valence-corrected chi connectivity index (χ2v) is 2.90. The molecule has 0 bridgehead atoms. The molecule has 0 atom stereocenters. The molecule has 1 aliphatic rings. The first-order valence-corrected chi connectivity index (χ1v) is 4.23. The van der Waals surface area contributed by atoms with E-state index in [0.717, 1.165) is 6.42 Å². The molecule has 0 unspecified atom stereocenters. The number of nitrogens with zero attached hydrogens (tertiary/aromatic N) is 1. The quantitative estimate of drug-likeness (QED) is 0.534. The second-order valence-electron chi connectivity index (χ2n) is 2.90. The van der Waals surface area contributed by atoms with E-state index in [4.69, 9.17) is 0 Å². The van der Waals surface area contributed by atoms with Crippen LogP contribution in [0.3, 0.4) is 0 Å². The molecule has 0 N–H and O–H groups in total. The van der Waals surface area contributed by atoms with Crippen LogP contribution in [0.1, 0.15) is 6.42 Å². The summed E-state index contributed by atoms with van der Waals surface area (Å²) in [5, 5.41) is 1.26. The van der Waals surface area contributed by atoms with Gasteiger partial charge in [-0.25, -0.2) is 0 Å². The third-order valence-electron chi connectivity index (χ3n) is 1.33. The van der Waals surface area contributed by atoms with Crippen LogP contribution < -0.4 is 0 Å². The van der Waals surface area contributed by atoms with Crippen LogP contribution in [-0.2, 0) is 0 Å². The molecule has 1 aliphatic carbocycles. The Balaban J connectivity index is 0.000000183. The van der Waals surface area contributed by atoms with Gasteiger partial charge in [0.1, 0.15) is 0 Å². The third-order valence-corrected chi connectivity index (χ3v) is 1.33. The van der Waals surface area contributed by atoms with Gasteiger partial charge in [0.2, 0.25) is 0 Å². The van der Waals surface area contributed by atoms with Crippen molar-refractivity contribution < 1.29 is 0 Å². The van der Waals surface area contributed by atoms with Crippen molar-refractivity contribution in [3.8, 4) is 0 Å². The molecule has 0 amide bonds. The summed E-state index contributed by atoms with van der Waals surface area (Å²) >= 11 is 2.18. The predicted molar refractivity (Wildman–Crippen MR) is 52.0 cm³/mol. The Morgan fingerprint density at radius 1 is 1.27 bits per heavy atom. The van der Waals surface area contributed by atoms with Gasteiger partial charge >= 0.3 is 48.3 Å². The predicted octanol–water partition coefficient (Wildman–Crippen LogP) is 1.64. The van der Waals surface area contributed by atoms with Crippen molar-refractivity contribution in [2.24, 2.45) is 0 Å². The maximum atomic E-state index is 2.18. The van der Waals surface area contributed by atoms with Crippen LogP contribution in [0.25, 0.3) is 0 Å². The molecule has 2 heteroatoms. The van der Waals surface area contributed by atoms with E-state index in [9.17, 15) is 0 Å². The average Bonchev–Trinajstić information content (AvgIpc) is 2.41. The van der Waals surface area contributed by atoms with Crippen LogP contribution in [0.15, 0.2) is 24.3 Å². The van der Waals surface area contributed by atoms with E-state index in [1.165, 1.54) is 11.6 Å². The summed E-state index contributed by atoms with van der Waals surface area (Å²) in [5.41, 5.74) is 0. The fourth-order valence-corrected chi connectivity index (χ4v) is 0.840. The summed E-state index contributed by atoms with van der Waals surface area (Å²) in [4.78, 5) is 2.18. The summed E-state index contributed by atoms with van der Waals surface area (Å²) in [5.74, 6) is 0. The van der Waals surface area contributed by atoms with Gasteiger partial charge in [0.05, 0.1) is 0 Å². The molecule has 0 spiro atoms. The Hall–Kier alpha value is 0.0374. The van der Waals surface area contributed by atoms with E-state index in [1.807, 2.05) is 0 Å². The summed E-state index contributed by atoms with van der Waals surface area (Å²) < 4.78 is 0. The van der Waals surface area contributed by atoms with Gasteiger partial charge in [0.15, 0.2) is 0 Å². The van der Waals surface area contributed by atoms with E-state index < -0.39 is 0 Å². The maximum absolute atomic E-state index is 2.18. The van der Waals surface area contributed by atoms with Crippen molar-refractivity contribution in [2.45, 2.75) is 11.5 Å². The zero-order valence-electron chi connectivity index (χ0n) is 7.88. The fourth-order valence-electron chi connectivity index (χ4n) is 0.840. The monoisotopic (exact) mass is 145 g/mol. The molecular formula is C9H16LiN. The molecule has 0 aromatic rings. The van der Waals surface area contributed by atoms with Gasteiger partial charge in [-0.15, -0.1) is 0 Å². The van der Waals surface area contributed by atoms with Crippen LogP contribution in [0.4, 0.5) is 0 Å². The first kappa shape index (κ1) is 11.0. The summed E-state index contributed by atoms with van der Waals surface area (Å²) in [6.07, 6.45) is 9.50. The van der Waals surface area contributed by atoms with E-state index in [2.05, 4.69) is 61.0 Å². The minimum atomic E-state index is 1.14. The SMILES string of the molecule is C1=CCC=C1.[Li][CH2]CN(C)C. The van der Waals surface area contributed by atoms with E-state index >= 15 is 0 Å². The normalized spacial score (nSPS) is 13.5. The van der Waals surface area contributed by atoms with Gasteiger partial charge in [-0.05, 0) is 6.42 Å². The van der Waals surface area contributed by atoms with Crippen molar-refractivity contribution in [1.29, 1.82) is 0 Å². The third kappa shape index (κ3) is 10.0. The van der Waals surface area contributed by atoms with Crippen LogP contribution in [0, 0.1) is 0 Å². The Morgan fingerprint density at radius 2 is 1.82 bits per heavy atom. The van der Waals surface area contributed by atoms with Gasteiger partial charge < -0.3 is 0 Å². The van der Waals surface area contributed by atoms with Gasteiger partial charge in [-0.3, -0.25) is 0 Å². The summed E-state index contributed by atoms with van der Waals surface area (Å²) in [6, 6.07) is 0. The molecule has 0 aromatic heterocycles. The molecule has 0 radical (unpaired) electrons. The summed E-state index contributed by atoms with van der Waals surface area (Å²) in [6.45, 7) is 1.21. The Labute approximate surface area is 79.4 Å². The molecule has 0 fully saturated rings. The van der Waals surface area contributed by atoms with Crippen molar-refractivity contribution in [3.05, 3.63) is 24.3 Å². The van der Waals surface area contributed by atoms with E-state index in [-0.39, 0.29) is 0 Å². The van der Waals surface area contributed by atoms with Gasteiger partial charge in [-0.2, -0.15) is 0 Å². The first-order valence-electron chi connectivity index (χ1n) is 4.23. The van der Waals surface area contributed by atoms with Crippen molar-refractivity contribution in [2.75, 3.05) is 20.6 Å². The molecule has 0 saturated heterocycles. The van der Waals surface area contributed by atoms with Gasteiger partial charge in [-0.1, -0.05) is 24.3 Å². The van der Waals surface area contributed by atoms with Crippen molar-refractivity contribution in [1.82, 2.24) is 4.90 Å². The Morgan fingerprint density at radius 3 is 1.91 bits per heavy atom. The number of hydrogen-bond donors (Lipinski definition) is 0. The number of hydrogen-bond acceptors (Lipinski definition) is 1. The average molecular weight is 145 g/mol. The minimum absolute atomic E-state index is 1.14. The van der Waals surface area contributed by atoms with Crippen molar-refractivity contribution in [3.63, 3.8) is 0 Å². The van der Waals surface area contributed by atoms with Crippen LogP contribution in [0.5, 0.6) is 0 Å². The zero-order valence-corrected chi connectivity index (χ0v) is 7.88. The Kier molecular flexibility index (Phi) is 8.16. The molecule has 0 aromatic carbocycles. The molecule has 0 heterocycles. The topological polar surface area (TPSA) is 3.24 Å². The molecule has 0 aliphatic heterocycles. The van der Waals surface area contributed by atoms with Crippen LogP contribution >= 0.6 is 0 Å². The Bertz CT molecular complexity index is 118. The summed E-state index contributed by atoms with van der Waals surface area (Å²) in [7, 11) is 4.17. The zero-order chi connectivity index (χ0) is 8.53. The van der Waals surface area contributed by atoms with Crippen LogP contribution in [-0.4, -0.2) is 43.3 Å². The molecular weight excluding hydrogens is 129 g/mol. The van der Waals surface area contributed by atoms with Gasteiger partial charge in [0, 0.05) is 0 Å². The molecule has 1 nitrogen and oxygen atoms in total. The molecule has 1 rings (SSSR count). The number of allylic oxidation sites excluding steroid dienone is 4. The molecule has 58 valence electrons. The number of rotatable bonds is 2. The fraction of sp³-hybridized carbons (Fsp3) is 0.556. The van der Waals surface area contributed by atoms with E-state index in [0.29, 0.717) is 0 Å². The second kappa shape index (κ2) is 8.14. The standard InChI is InChI=1S/C5H6.C4H10N.Li/c1-2-4-5-3-1;1-4-5(2)3;/h1-4H,5H2;1,4H2,2-3H3;. The van der Waals surface area contributed by atoms with E-state index in [1.54, 1.807) is 0 Å².